The summed E-state index contributed by atoms with van der Waals surface area (Å²) in [5.41, 5.74) is 0. The minimum absolute atomic E-state index is 0.338. The third-order valence-corrected chi connectivity index (χ3v) is 2.98. The maximum absolute atomic E-state index is 12.0. The summed E-state index contributed by atoms with van der Waals surface area (Å²) in [7, 11) is 0. The molecule has 1 aliphatic rings. The van der Waals surface area contributed by atoms with E-state index in [2.05, 4.69) is 20.5 Å². The van der Waals surface area contributed by atoms with Gasteiger partial charge in [-0.15, -0.1) is 0 Å². The number of hydrogen-bond donors (Lipinski definition) is 3. The van der Waals surface area contributed by atoms with E-state index >= 15 is 0 Å². The molecule has 0 aliphatic carbocycles. The van der Waals surface area contributed by atoms with Crippen LogP contribution in [0.3, 0.4) is 0 Å². The van der Waals surface area contributed by atoms with Gasteiger partial charge in [-0.25, -0.2) is 14.6 Å². The molecule has 8 nitrogen and oxygen atoms in total. The third-order valence-electron chi connectivity index (χ3n) is 2.98. The van der Waals surface area contributed by atoms with Gasteiger partial charge in [-0.1, -0.05) is 0 Å². The fourth-order valence-corrected chi connectivity index (χ4v) is 2.03. The Morgan fingerprint density at radius 1 is 1.67 bits per heavy atom. The minimum Gasteiger partial charge on any atom is -0.480 e. The monoisotopic (exact) mass is 253 g/mol. The van der Waals surface area contributed by atoms with Gasteiger partial charge in [0.05, 0.1) is 6.04 Å². The van der Waals surface area contributed by atoms with E-state index in [9.17, 15) is 9.59 Å². The number of likely N-dealkylation sites (tertiary alicyclic amines) is 1. The average Bonchev–Trinajstić information content (AvgIpc) is 3.00. The highest BCUT2D eigenvalue weighted by molar-refractivity contribution is 5.83. The highest BCUT2D eigenvalue weighted by Crippen LogP contribution is 2.18. The SMILES string of the molecule is CC(NC(=O)N1CCCC1C(=O)O)c1ncn[nH]1. The van der Waals surface area contributed by atoms with Crippen LogP contribution in [-0.4, -0.2) is 49.8 Å². The van der Waals surface area contributed by atoms with Crippen molar-refractivity contribution in [1.29, 1.82) is 0 Å². The average molecular weight is 253 g/mol. The summed E-state index contributed by atoms with van der Waals surface area (Å²) >= 11 is 0. The number of carbonyl (C=O) groups excluding carboxylic acids is 1. The Bertz CT molecular complexity index is 433. The molecule has 2 heterocycles. The predicted octanol–water partition coefficient (Wildman–Crippen LogP) is 0.124. The summed E-state index contributed by atoms with van der Waals surface area (Å²) in [6, 6.07) is -1.45. The zero-order chi connectivity index (χ0) is 13.1. The Labute approximate surface area is 103 Å². The molecule has 98 valence electrons. The number of amides is 2. The lowest BCUT2D eigenvalue weighted by Crippen LogP contribution is -2.46. The lowest BCUT2D eigenvalue weighted by atomic mass is 10.2. The van der Waals surface area contributed by atoms with E-state index in [0.29, 0.717) is 25.2 Å². The molecule has 0 saturated carbocycles. The van der Waals surface area contributed by atoms with Crippen molar-refractivity contribution in [2.45, 2.75) is 31.8 Å². The normalized spacial score (nSPS) is 20.7. The first-order valence-corrected chi connectivity index (χ1v) is 5.75. The lowest BCUT2D eigenvalue weighted by molar-refractivity contribution is -0.141. The number of aliphatic carboxylic acids is 1. The van der Waals surface area contributed by atoms with Crippen LogP contribution >= 0.6 is 0 Å². The Kier molecular flexibility index (Phi) is 3.45. The summed E-state index contributed by atoms with van der Waals surface area (Å²) in [6.45, 7) is 2.22. The second kappa shape index (κ2) is 5.03. The van der Waals surface area contributed by atoms with E-state index in [4.69, 9.17) is 5.11 Å². The van der Waals surface area contributed by atoms with Crippen LogP contribution in [0.2, 0.25) is 0 Å². The van der Waals surface area contributed by atoms with Crippen molar-refractivity contribution in [2.24, 2.45) is 0 Å². The number of H-pyrrole nitrogens is 1. The van der Waals surface area contributed by atoms with Crippen LogP contribution < -0.4 is 5.32 Å². The van der Waals surface area contributed by atoms with Crippen molar-refractivity contribution in [1.82, 2.24) is 25.4 Å². The first kappa shape index (κ1) is 12.3. The predicted molar refractivity (Wildman–Crippen MR) is 60.7 cm³/mol. The number of carboxylic acids is 1. The van der Waals surface area contributed by atoms with Crippen LogP contribution in [0.1, 0.15) is 31.6 Å². The summed E-state index contributed by atoms with van der Waals surface area (Å²) in [5.74, 6) is -0.426. The number of urea groups is 1. The van der Waals surface area contributed by atoms with Crippen molar-refractivity contribution < 1.29 is 14.7 Å². The van der Waals surface area contributed by atoms with Gasteiger partial charge < -0.3 is 15.3 Å². The topological polar surface area (TPSA) is 111 Å². The number of carboxylic acid groups (broad SMARTS) is 1. The minimum atomic E-state index is -0.963. The van der Waals surface area contributed by atoms with Gasteiger partial charge in [-0.2, -0.15) is 5.10 Å². The second-order valence-corrected chi connectivity index (χ2v) is 4.23. The van der Waals surface area contributed by atoms with Crippen LogP contribution in [0, 0.1) is 0 Å². The molecule has 1 saturated heterocycles. The molecule has 8 heteroatoms. The maximum Gasteiger partial charge on any atom is 0.326 e. The Morgan fingerprint density at radius 2 is 2.44 bits per heavy atom. The third kappa shape index (κ3) is 2.41. The molecule has 0 bridgehead atoms. The van der Waals surface area contributed by atoms with Crippen LogP contribution in [0.25, 0.3) is 0 Å². The number of rotatable bonds is 3. The van der Waals surface area contributed by atoms with Gasteiger partial charge in [0.1, 0.15) is 18.2 Å². The molecular formula is C10H15N5O3. The summed E-state index contributed by atoms with van der Waals surface area (Å²) in [6.07, 6.45) is 2.56. The van der Waals surface area contributed by atoms with Crippen molar-refractivity contribution in [3.63, 3.8) is 0 Å². The smallest absolute Gasteiger partial charge is 0.326 e. The van der Waals surface area contributed by atoms with Crippen LogP contribution in [-0.2, 0) is 4.79 Å². The standard InChI is InChI=1S/C10H15N5O3/c1-6(8-11-5-12-14-8)13-10(18)15-4-2-3-7(15)9(16)17/h5-7H,2-4H2,1H3,(H,13,18)(H,16,17)(H,11,12,14). The lowest BCUT2D eigenvalue weighted by Gasteiger charge is -2.23. The van der Waals surface area contributed by atoms with E-state index in [1.807, 2.05) is 0 Å². The van der Waals surface area contributed by atoms with Crippen LogP contribution in [0.15, 0.2) is 6.33 Å². The van der Waals surface area contributed by atoms with Gasteiger partial charge in [0.2, 0.25) is 0 Å². The molecule has 1 aromatic heterocycles. The molecule has 2 atom stereocenters. The molecule has 18 heavy (non-hydrogen) atoms. The molecule has 2 unspecified atom stereocenters. The van der Waals surface area contributed by atoms with Crippen molar-refractivity contribution in [2.75, 3.05) is 6.54 Å². The van der Waals surface area contributed by atoms with Crippen molar-refractivity contribution in [3.8, 4) is 0 Å². The second-order valence-electron chi connectivity index (χ2n) is 4.23. The van der Waals surface area contributed by atoms with Gasteiger partial charge in [0.15, 0.2) is 0 Å². The quantitative estimate of drug-likeness (QED) is 0.708. The summed E-state index contributed by atoms with van der Waals surface area (Å²) in [4.78, 5) is 28.2. The first-order chi connectivity index (χ1) is 8.59. The van der Waals surface area contributed by atoms with Crippen molar-refractivity contribution in [3.05, 3.63) is 12.2 Å². The Morgan fingerprint density at radius 3 is 3.06 bits per heavy atom. The molecular weight excluding hydrogens is 238 g/mol. The van der Waals surface area contributed by atoms with Crippen molar-refractivity contribution >= 4 is 12.0 Å². The first-order valence-electron chi connectivity index (χ1n) is 5.75. The number of carbonyl (C=O) groups is 2. The molecule has 1 aliphatic heterocycles. The van der Waals surface area contributed by atoms with Gasteiger partial charge in [-0.05, 0) is 19.8 Å². The Balaban J connectivity index is 1.97. The fraction of sp³-hybridized carbons (Fsp3) is 0.600. The molecule has 3 N–H and O–H groups in total. The van der Waals surface area contributed by atoms with Gasteiger partial charge in [0, 0.05) is 6.54 Å². The summed E-state index contributed by atoms with van der Waals surface area (Å²) < 4.78 is 0. The van der Waals surface area contributed by atoms with E-state index in [1.54, 1.807) is 6.92 Å². The molecule has 2 amide bonds. The van der Waals surface area contributed by atoms with E-state index < -0.39 is 12.0 Å². The largest absolute Gasteiger partial charge is 0.480 e. The van der Waals surface area contributed by atoms with Gasteiger partial charge >= 0.3 is 12.0 Å². The number of aromatic amines is 1. The zero-order valence-electron chi connectivity index (χ0n) is 9.96. The highest BCUT2D eigenvalue weighted by atomic mass is 16.4. The molecule has 0 spiro atoms. The molecule has 2 rings (SSSR count). The number of nitrogens with zero attached hydrogens (tertiary/aromatic N) is 3. The molecule has 1 aromatic rings. The summed E-state index contributed by atoms with van der Waals surface area (Å²) in [5, 5.41) is 18.1. The van der Waals surface area contributed by atoms with Gasteiger partial charge in [-0.3, -0.25) is 5.10 Å². The van der Waals surface area contributed by atoms with Crippen LogP contribution in [0.5, 0.6) is 0 Å². The fourth-order valence-electron chi connectivity index (χ4n) is 2.03. The van der Waals surface area contributed by atoms with Gasteiger partial charge in [0.25, 0.3) is 0 Å². The number of aromatic nitrogens is 3. The highest BCUT2D eigenvalue weighted by Gasteiger charge is 2.34. The zero-order valence-corrected chi connectivity index (χ0v) is 9.96. The number of nitrogens with one attached hydrogen (secondary N) is 2. The molecule has 0 aromatic carbocycles. The van der Waals surface area contributed by atoms with E-state index in [1.165, 1.54) is 11.2 Å². The Hall–Kier alpha value is -2.12. The molecule has 1 fully saturated rings. The number of hydrogen-bond acceptors (Lipinski definition) is 4. The van der Waals surface area contributed by atoms with E-state index in [0.717, 1.165) is 0 Å². The molecule has 0 radical (unpaired) electrons. The van der Waals surface area contributed by atoms with E-state index in [-0.39, 0.29) is 12.1 Å². The maximum atomic E-state index is 12.0. The van der Waals surface area contributed by atoms with Crippen LogP contribution in [0.4, 0.5) is 4.79 Å².